The summed E-state index contributed by atoms with van der Waals surface area (Å²) in [5.74, 6) is 0. The van der Waals surface area contributed by atoms with E-state index in [2.05, 4.69) is 35.6 Å². The molecule has 0 aromatic heterocycles. The summed E-state index contributed by atoms with van der Waals surface area (Å²) in [5.41, 5.74) is 1.35. The predicted octanol–water partition coefficient (Wildman–Crippen LogP) is 2.66. The van der Waals surface area contributed by atoms with Gasteiger partial charge in [0.05, 0.1) is 18.8 Å². The first-order valence-electron chi connectivity index (χ1n) is 6.36. The molecule has 1 N–H and O–H groups in total. The maximum absolute atomic E-state index is 5.99. The molecule has 1 heterocycles. The van der Waals surface area contributed by atoms with Crippen LogP contribution in [0.1, 0.15) is 37.3 Å². The van der Waals surface area contributed by atoms with Gasteiger partial charge in [-0.05, 0) is 18.4 Å². The van der Waals surface area contributed by atoms with Gasteiger partial charge in [0.1, 0.15) is 0 Å². The van der Waals surface area contributed by atoms with Crippen LogP contribution in [0, 0.1) is 0 Å². The molecule has 0 radical (unpaired) electrons. The normalized spacial score (nSPS) is 34.4. The van der Waals surface area contributed by atoms with E-state index in [9.17, 15) is 0 Å². The van der Waals surface area contributed by atoms with Crippen molar-refractivity contribution >= 4 is 0 Å². The highest BCUT2D eigenvalue weighted by atomic mass is 16.5. The second kappa shape index (κ2) is 4.56. The third kappa shape index (κ3) is 2.00. The van der Waals surface area contributed by atoms with Gasteiger partial charge in [0, 0.05) is 6.04 Å². The molecule has 3 unspecified atom stereocenters. The van der Waals surface area contributed by atoms with Gasteiger partial charge in [-0.15, -0.1) is 0 Å². The van der Waals surface area contributed by atoms with Gasteiger partial charge in [-0.1, -0.05) is 43.2 Å². The Morgan fingerprint density at radius 1 is 1.06 bits per heavy atom. The van der Waals surface area contributed by atoms with Crippen LogP contribution in [0.4, 0.5) is 0 Å². The average Bonchev–Trinajstić information content (AvgIpc) is 2.39. The van der Waals surface area contributed by atoms with E-state index in [0.717, 1.165) is 6.61 Å². The molecule has 1 aliphatic heterocycles. The summed E-state index contributed by atoms with van der Waals surface area (Å²) >= 11 is 0. The average molecular weight is 217 g/mol. The number of fused-ring (bicyclic) bond motifs is 1. The van der Waals surface area contributed by atoms with E-state index in [1.54, 1.807) is 0 Å². The first-order chi connectivity index (χ1) is 7.93. The van der Waals surface area contributed by atoms with Crippen LogP contribution in [0.25, 0.3) is 0 Å². The zero-order chi connectivity index (χ0) is 10.8. The van der Waals surface area contributed by atoms with Crippen LogP contribution < -0.4 is 5.32 Å². The molecule has 1 aromatic carbocycles. The number of rotatable bonds is 1. The Bertz CT molecular complexity index is 338. The highest BCUT2D eigenvalue weighted by molar-refractivity contribution is 5.19. The standard InChI is InChI=1S/C14H19NO/c1-2-6-11(7-3-1)13-10-16-14-9-5-4-8-12(14)15-13/h1-3,6-7,12-15H,4-5,8-10H2. The van der Waals surface area contributed by atoms with Crippen molar-refractivity contribution in [1.82, 2.24) is 5.32 Å². The van der Waals surface area contributed by atoms with E-state index in [0.29, 0.717) is 18.2 Å². The van der Waals surface area contributed by atoms with Gasteiger partial charge < -0.3 is 10.1 Å². The van der Waals surface area contributed by atoms with Crippen LogP contribution in [-0.4, -0.2) is 18.8 Å². The molecule has 2 nitrogen and oxygen atoms in total. The maximum Gasteiger partial charge on any atom is 0.0729 e. The summed E-state index contributed by atoms with van der Waals surface area (Å²) in [7, 11) is 0. The van der Waals surface area contributed by atoms with Gasteiger partial charge in [0.15, 0.2) is 0 Å². The molecule has 0 amide bonds. The van der Waals surface area contributed by atoms with Crippen molar-refractivity contribution in [3.63, 3.8) is 0 Å². The van der Waals surface area contributed by atoms with Crippen molar-refractivity contribution < 1.29 is 4.74 Å². The first-order valence-corrected chi connectivity index (χ1v) is 6.36. The number of benzene rings is 1. The Kier molecular flexibility index (Phi) is 2.94. The van der Waals surface area contributed by atoms with Crippen molar-refractivity contribution in [3.05, 3.63) is 35.9 Å². The molecule has 2 fully saturated rings. The molecule has 16 heavy (non-hydrogen) atoms. The molecule has 86 valence electrons. The number of ether oxygens (including phenoxy) is 1. The molecular formula is C14H19NO. The third-order valence-electron chi connectivity index (χ3n) is 3.80. The van der Waals surface area contributed by atoms with E-state index in [1.807, 2.05) is 0 Å². The van der Waals surface area contributed by atoms with Crippen LogP contribution in [0.5, 0.6) is 0 Å². The largest absolute Gasteiger partial charge is 0.375 e. The molecule has 1 aliphatic carbocycles. The highest BCUT2D eigenvalue weighted by Gasteiger charge is 2.32. The van der Waals surface area contributed by atoms with Gasteiger partial charge in [0.2, 0.25) is 0 Å². The van der Waals surface area contributed by atoms with Crippen molar-refractivity contribution in [2.24, 2.45) is 0 Å². The summed E-state index contributed by atoms with van der Waals surface area (Å²) in [6, 6.07) is 11.6. The van der Waals surface area contributed by atoms with Crippen LogP contribution in [0.3, 0.4) is 0 Å². The van der Waals surface area contributed by atoms with Crippen molar-refractivity contribution in [1.29, 1.82) is 0 Å². The molecule has 0 spiro atoms. The van der Waals surface area contributed by atoms with E-state index < -0.39 is 0 Å². The lowest BCUT2D eigenvalue weighted by Gasteiger charge is -2.40. The number of morpholine rings is 1. The Morgan fingerprint density at radius 2 is 1.88 bits per heavy atom. The number of hydrogen-bond donors (Lipinski definition) is 1. The van der Waals surface area contributed by atoms with Gasteiger partial charge in [-0.2, -0.15) is 0 Å². The van der Waals surface area contributed by atoms with E-state index >= 15 is 0 Å². The van der Waals surface area contributed by atoms with Crippen LogP contribution in [0.2, 0.25) is 0 Å². The fourth-order valence-corrected chi connectivity index (χ4v) is 2.89. The number of nitrogens with one attached hydrogen (secondary N) is 1. The van der Waals surface area contributed by atoms with Crippen molar-refractivity contribution in [2.45, 2.75) is 43.9 Å². The van der Waals surface area contributed by atoms with Crippen LogP contribution >= 0.6 is 0 Å². The summed E-state index contributed by atoms with van der Waals surface area (Å²) in [5, 5.41) is 3.75. The minimum absolute atomic E-state index is 0.389. The summed E-state index contributed by atoms with van der Waals surface area (Å²) in [6.45, 7) is 0.825. The lowest BCUT2D eigenvalue weighted by molar-refractivity contribution is -0.0461. The molecule has 3 atom stereocenters. The predicted molar refractivity (Wildman–Crippen MR) is 64.3 cm³/mol. The molecule has 1 saturated carbocycles. The van der Waals surface area contributed by atoms with Crippen molar-refractivity contribution in [2.75, 3.05) is 6.61 Å². The summed E-state index contributed by atoms with van der Waals surface area (Å²) in [4.78, 5) is 0. The SMILES string of the molecule is c1ccc(C2COC3CCCCC3N2)cc1. The fraction of sp³-hybridized carbons (Fsp3) is 0.571. The third-order valence-corrected chi connectivity index (χ3v) is 3.80. The zero-order valence-corrected chi connectivity index (χ0v) is 9.56. The first kappa shape index (κ1) is 10.3. The van der Waals surface area contributed by atoms with Gasteiger partial charge >= 0.3 is 0 Å². The lowest BCUT2D eigenvalue weighted by Crippen LogP contribution is -2.51. The van der Waals surface area contributed by atoms with Crippen LogP contribution in [-0.2, 0) is 4.74 Å². The molecule has 3 rings (SSSR count). The summed E-state index contributed by atoms with van der Waals surface area (Å²) in [6.07, 6.45) is 5.65. The molecule has 2 heteroatoms. The van der Waals surface area contributed by atoms with E-state index in [-0.39, 0.29) is 0 Å². The monoisotopic (exact) mass is 217 g/mol. The van der Waals surface area contributed by atoms with E-state index in [4.69, 9.17) is 4.74 Å². The smallest absolute Gasteiger partial charge is 0.0729 e. The minimum Gasteiger partial charge on any atom is -0.375 e. The molecule has 1 aromatic rings. The Hall–Kier alpha value is -0.860. The van der Waals surface area contributed by atoms with Crippen molar-refractivity contribution in [3.8, 4) is 0 Å². The summed E-state index contributed by atoms with van der Waals surface area (Å²) < 4.78 is 5.99. The molecular weight excluding hydrogens is 198 g/mol. The van der Waals surface area contributed by atoms with Crippen LogP contribution in [0.15, 0.2) is 30.3 Å². The highest BCUT2D eigenvalue weighted by Crippen LogP contribution is 2.28. The Labute approximate surface area is 97.0 Å². The fourth-order valence-electron chi connectivity index (χ4n) is 2.89. The molecule has 0 bridgehead atoms. The second-order valence-corrected chi connectivity index (χ2v) is 4.89. The second-order valence-electron chi connectivity index (χ2n) is 4.89. The maximum atomic E-state index is 5.99. The molecule has 2 aliphatic rings. The number of hydrogen-bond acceptors (Lipinski definition) is 2. The lowest BCUT2D eigenvalue weighted by atomic mass is 9.89. The quantitative estimate of drug-likeness (QED) is 0.781. The van der Waals surface area contributed by atoms with Gasteiger partial charge in [-0.25, -0.2) is 0 Å². The Balaban J connectivity index is 1.71. The topological polar surface area (TPSA) is 21.3 Å². The molecule has 1 saturated heterocycles. The van der Waals surface area contributed by atoms with Gasteiger partial charge in [-0.3, -0.25) is 0 Å². The van der Waals surface area contributed by atoms with Gasteiger partial charge in [0.25, 0.3) is 0 Å². The van der Waals surface area contributed by atoms with E-state index in [1.165, 1.54) is 31.2 Å². The minimum atomic E-state index is 0.389. The zero-order valence-electron chi connectivity index (χ0n) is 9.56. The Morgan fingerprint density at radius 3 is 2.75 bits per heavy atom.